The van der Waals surface area contributed by atoms with E-state index in [0.29, 0.717) is 0 Å². The standard InChI is InChI=1S/C17H12O3/c1-2-12-3-5-13(6-4-12)7-9-16(19)15-11-14(18)8-10-17(15)20/h1,3-11,18,20H/b9-7+. The van der Waals surface area contributed by atoms with E-state index in [1.54, 1.807) is 30.3 Å². The number of allylic oxidation sites excluding steroid dienone is 1. The lowest BCUT2D eigenvalue weighted by Gasteiger charge is -2.01. The second-order valence-electron chi connectivity index (χ2n) is 4.17. The van der Waals surface area contributed by atoms with Gasteiger partial charge in [0.1, 0.15) is 11.5 Å². The number of rotatable bonds is 3. The minimum Gasteiger partial charge on any atom is -0.508 e. The van der Waals surface area contributed by atoms with Crippen LogP contribution in [-0.4, -0.2) is 16.0 Å². The van der Waals surface area contributed by atoms with Crippen LogP contribution in [0.1, 0.15) is 21.5 Å². The molecule has 0 atom stereocenters. The van der Waals surface area contributed by atoms with Crippen LogP contribution in [0.5, 0.6) is 11.5 Å². The summed E-state index contributed by atoms with van der Waals surface area (Å²) in [6.45, 7) is 0. The number of hydrogen-bond donors (Lipinski definition) is 2. The van der Waals surface area contributed by atoms with Gasteiger partial charge in [0.15, 0.2) is 5.78 Å². The molecule has 0 unspecified atom stereocenters. The van der Waals surface area contributed by atoms with Gasteiger partial charge in [-0.2, -0.15) is 0 Å². The van der Waals surface area contributed by atoms with Crippen molar-refractivity contribution in [2.75, 3.05) is 0 Å². The largest absolute Gasteiger partial charge is 0.508 e. The first kappa shape index (κ1) is 13.4. The number of hydrogen-bond acceptors (Lipinski definition) is 3. The van der Waals surface area contributed by atoms with E-state index in [-0.39, 0.29) is 22.8 Å². The van der Waals surface area contributed by atoms with E-state index in [9.17, 15) is 15.0 Å². The van der Waals surface area contributed by atoms with E-state index in [1.807, 2.05) is 0 Å². The summed E-state index contributed by atoms with van der Waals surface area (Å²) in [7, 11) is 0. The molecule has 0 radical (unpaired) electrons. The van der Waals surface area contributed by atoms with Crippen molar-refractivity contribution in [3.05, 3.63) is 65.2 Å². The molecule has 2 rings (SSSR count). The zero-order valence-electron chi connectivity index (χ0n) is 10.6. The monoisotopic (exact) mass is 264 g/mol. The molecule has 0 spiro atoms. The first-order valence-electron chi connectivity index (χ1n) is 5.91. The van der Waals surface area contributed by atoms with Crippen molar-refractivity contribution in [1.82, 2.24) is 0 Å². The van der Waals surface area contributed by atoms with Crippen LogP contribution in [0.4, 0.5) is 0 Å². The van der Waals surface area contributed by atoms with Gasteiger partial charge in [-0.05, 0) is 42.0 Å². The normalized spacial score (nSPS) is 10.3. The van der Waals surface area contributed by atoms with E-state index in [0.717, 1.165) is 11.1 Å². The highest BCUT2D eigenvalue weighted by Gasteiger charge is 2.08. The van der Waals surface area contributed by atoms with Gasteiger partial charge in [-0.25, -0.2) is 0 Å². The molecule has 0 saturated heterocycles. The predicted octanol–water partition coefficient (Wildman–Crippen LogP) is 2.98. The van der Waals surface area contributed by atoms with Crippen LogP contribution in [0, 0.1) is 12.3 Å². The first-order valence-corrected chi connectivity index (χ1v) is 5.91. The second kappa shape index (κ2) is 5.77. The van der Waals surface area contributed by atoms with Gasteiger partial charge in [0.05, 0.1) is 5.56 Å². The van der Waals surface area contributed by atoms with Crippen molar-refractivity contribution in [1.29, 1.82) is 0 Å². The molecule has 98 valence electrons. The Morgan fingerprint density at radius 2 is 1.80 bits per heavy atom. The quantitative estimate of drug-likeness (QED) is 0.388. The van der Waals surface area contributed by atoms with Crippen LogP contribution in [0.25, 0.3) is 6.08 Å². The second-order valence-corrected chi connectivity index (χ2v) is 4.17. The highest BCUT2D eigenvalue weighted by molar-refractivity contribution is 6.08. The SMILES string of the molecule is C#Cc1ccc(/C=C/C(=O)c2cc(O)ccc2O)cc1. The first-order chi connectivity index (χ1) is 9.60. The zero-order chi connectivity index (χ0) is 14.5. The van der Waals surface area contributed by atoms with Crippen molar-refractivity contribution in [3.63, 3.8) is 0 Å². The fourth-order valence-electron chi connectivity index (χ4n) is 1.67. The van der Waals surface area contributed by atoms with Gasteiger partial charge in [0, 0.05) is 5.56 Å². The van der Waals surface area contributed by atoms with Crippen LogP contribution in [0.15, 0.2) is 48.5 Å². The van der Waals surface area contributed by atoms with E-state index in [4.69, 9.17) is 6.42 Å². The van der Waals surface area contributed by atoms with Crippen molar-refractivity contribution < 1.29 is 15.0 Å². The molecule has 20 heavy (non-hydrogen) atoms. The van der Waals surface area contributed by atoms with Crippen molar-refractivity contribution in [2.24, 2.45) is 0 Å². The number of terminal acetylenes is 1. The maximum atomic E-state index is 11.9. The minimum atomic E-state index is -0.389. The minimum absolute atomic E-state index is 0.0569. The molecule has 0 aliphatic rings. The summed E-state index contributed by atoms with van der Waals surface area (Å²) >= 11 is 0. The summed E-state index contributed by atoms with van der Waals surface area (Å²) in [4.78, 5) is 11.9. The third kappa shape index (κ3) is 3.06. The van der Waals surface area contributed by atoms with Gasteiger partial charge >= 0.3 is 0 Å². The van der Waals surface area contributed by atoms with Crippen molar-refractivity contribution >= 4 is 11.9 Å². The summed E-state index contributed by atoms with van der Waals surface area (Å²) in [5.41, 5.74) is 1.64. The van der Waals surface area contributed by atoms with Gasteiger partial charge in [-0.1, -0.05) is 24.1 Å². The van der Waals surface area contributed by atoms with E-state index in [1.165, 1.54) is 24.3 Å². The number of ketones is 1. The lowest BCUT2D eigenvalue weighted by Crippen LogP contribution is -1.94. The molecule has 0 aliphatic carbocycles. The fraction of sp³-hybridized carbons (Fsp3) is 0. The molecule has 3 nitrogen and oxygen atoms in total. The maximum Gasteiger partial charge on any atom is 0.189 e. The Morgan fingerprint density at radius 3 is 2.45 bits per heavy atom. The average Bonchev–Trinajstić information content (AvgIpc) is 2.47. The van der Waals surface area contributed by atoms with Gasteiger partial charge in [0.25, 0.3) is 0 Å². The average molecular weight is 264 g/mol. The van der Waals surface area contributed by atoms with Crippen LogP contribution in [0.2, 0.25) is 0 Å². The lowest BCUT2D eigenvalue weighted by atomic mass is 10.1. The summed E-state index contributed by atoms with van der Waals surface area (Å²) < 4.78 is 0. The number of carbonyl (C=O) groups excluding carboxylic acids is 1. The van der Waals surface area contributed by atoms with Gasteiger partial charge in [-0.3, -0.25) is 4.79 Å². The number of phenolic OH excluding ortho intramolecular Hbond substituents is 2. The molecular formula is C17H12O3. The maximum absolute atomic E-state index is 11.9. The zero-order valence-corrected chi connectivity index (χ0v) is 10.6. The predicted molar refractivity (Wildman–Crippen MR) is 77.5 cm³/mol. The number of aromatic hydroxyl groups is 2. The summed E-state index contributed by atoms with van der Waals surface area (Å²) in [6, 6.07) is 10.9. The molecule has 0 amide bonds. The third-order valence-corrected chi connectivity index (χ3v) is 2.75. The van der Waals surface area contributed by atoms with Crippen molar-refractivity contribution in [2.45, 2.75) is 0 Å². The number of benzene rings is 2. The Kier molecular flexibility index (Phi) is 3.88. The Hall–Kier alpha value is -2.99. The molecule has 3 heteroatoms. The molecule has 0 bridgehead atoms. The molecule has 0 heterocycles. The van der Waals surface area contributed by atoms with Gasteiger partial charge in [0.2, 0.25) is 0 Å². The van der Waals surface area contributed by atoms with Gasteiger partial charge in [-0.15, -0.1) is 6.42 Å². The van der Waals surface area contributed by atoms with Crippen LogP contribution in [0.3, 0.4) is 0 Å². The molecular weight excluding hydrogens is 252 g/mol. The molecule has 2 N–H and O–H groups in total. The van der Waals surface area contributed by atoms with Crippen LogP contribution in [-0.2, 0) is 0 Å². The molecule has 0 aliphatic heterocycles. The van der Waals surface area contributed by atoms with E-state index < -0.39 is 0 Å². The Morgan fingerprint density at radius 1 is 1.10 bits per heavy atom. The third-order valence-electron chi connectivity index (χ3n) is 2.75. The lowest BCUT2D eigenvalue weighted by molar-refractivity contribution is 0.104. The Balaban J connectivity index is 2.20. The smallest absolute Gasteiger partial charge is 0.189 e. The summed E-state index contributed by atoms with van der Waals surface area (Å²) in [6.07, 6.45) is 8.21. The molecule has 0 aromatic heterocycles. The fourth-order valence-corrected chi connectivity index (χ4v) is 1.67. The number of phenols is 2. The van der Waals surface area contributed by atoms with Crippen molar-refractivity contribution in [3.8, 4) is 23.8 Å². The Bertz CT molecular complexity index is 704. The molecule has 0 fully saturated rings. The molecule has 0 saturated carbocycles. The molecule has 2 aromatic rings. The summed E-state index contributed by atoms with van der Waals surface area (Å²) in [5, 5.41) is 18.9. The van der Waals surface area contributed by atoms with E-state index in [2.05, 4.69) is 5.92 Å². The van der Waals surface area contributed by atoms with Crippen LogP contribution >= 0.6 is 0 Å². The van der Waals surface area contributed by atoms with Crippen LogP contribution < -0.4 is 0 Å². The summed E-state index contributed by atoms with van der Waals surface area (Å²) in [5.74, 6) is 1.88. The Labute approximate surface area is 116 Å². The number of carbonyl (C=O) groups is 1. The molecule has 2 aromatic carbocycles. The van der Waals surface area contributed by atoms with E-state index >= 15 is 0 Å². The highest BCUT2D eigenvalue weighted by atomic mass is 16.3. The van der Waals surface area contributed by atoms with Gasteiger partial charge < -0.3 is 10.2 Å². The highest BCUT2D eigenvalue weighted by Crippen LogP contribution is 2.23. The topological polar surface area (TPSA) is 57.5 Å².